The fourth-order valence-corrected chi connectivity index (χ4v) is 2.68. The molecule has 1 saturated heterocycles. The number of aryl methyl sites for hydroxylation is 1. The number of methoxy groups -OCH3 is 1. The molecule has 21 heavy (non-hydrogen) atoms. The first-order valence-corrected chi connectivity index (χ1v) is 7.62. The quantitative estimate of drug-likeness (QED) is 0.862. The fourth-order valence-electron chi connectivity index (χ4n) is 2.68. The summed E-state index contributed by atoms with van der Waals surface area (Å²) in [4.78, 5) is 18.7. The second-order valence-electron chi connectivity index (χ2n) is 5.66. The monoisotopic (exact) mass is 291 g/mol. The molecule has 0 atom stereocenters. The van der Waals surface area contributed by atoms with E-state index >= 15 is 0 Å². The third-order valence-corrected chi connectivity index (χ3v) is 4.09. The average molecular weight is 291 g/mol. The van der Waals surface area contributed by atoms with Crippen LogP contribution in [0.5, 0.6) is 0 Å². The minimum Gasteiger partial charge on any atom is -0.383 e. The molecule has 1 aromatic rings. The molecule has 1 N–H and O–H groups in total. The number of ether oxygens (including phenoxy) is 1. The summed E-state index contributed by atoms with van der Waals surface area (Å²) >= 11 is 0. The molecule has 116 valence electrons. The molecule has 0 aromatic carbocycles. The van der Waals surface area contributed by atoms with Crippen LogP contribution in [-0.4, -0.2) is 55.7 Å². The number of aromatic nitrogens is 1. The Morgan fingerprint density at radius 1 is 1.48 bits per heavy atom. The van der Waals surface area contributed by atoms with Crippen LogP contribution in [0.25, 0.3) is 0 Å². The zero-order chi connectivity index (χ0) is 15.1. The van der Waals surface area contributed by atoms with Crippen molar-refractivity contribution in [3.8, 4) is 0 Å². The molecule has 2 rings (SSSR count). The number of carbonyl (C=O) groups excluding carboxylic acids is 1. The second-order valence-corrected chi connectivity index (χ2v) is 5.66. The number of pyridine rings is 1. The van der Waals surface area contributed by atoms with Gasteiger partial charge in [-0.2, -0.15) is 0 Å². The lowest BCUT2D eigenvalue weighted by Crippen LogP contribution is -2.40. The normalized spacial score (nSPS) is 16.9. The number of likely N-dealkylation sites (tertiary alicyclic amines) is 1. The summed E-state index contributed by atoms with van der Waals surface area (Å²) in [5, 5.41) is 3.02. The molecule has 0 bridgehead atoms. The molecule has 0 radical (unpaired) electrons. The van der Waals surface area contributed by atoms with Crippen molar-refractivity contribution < 1.29 is 9.53 Å². The van der Waals surface area contributed by atoms with E-state index in [1.54, 1.807) is 13.3 Å². The van der Waals surface area contributed by atoms with E-state index in [-0.39, 0.29) is 5.91 Å². The van der Waals surface area contributed by atoms with Crippen LogP contribution in [0.3, 0.4) is 0 Å². The summed E-state index contributed by atoms with van der Waals surface area (Å²) in [6, 6.07) is 3.76. The Morgan fingerprint density at radius 2 is 2.24 bits per heavy atom. The highest BCUT2D eigenvalue weighted by molar-refractivity contribution is 5.93. The number of hydrogen-bond acceptors (Lipinski definition) is 4. The van der Waals surface area contributed by atoms with Gasteiger partial charge in [-0.3, -0.25) is 9.78 Å². The third-order valence-electron chi connectivity index (χ3n) is 4.09. The number of hydrogen-bond donors (Lipinski definition) is 1. The van der Waals surface area contributed by atoms with Crippen LogP contribution in [0.2, 0.25) is 0 Å². The van der Waals surface area contributed by atoms with Crippen LogP contribution in [0.1, 0.15) is 28.9 Å². The summed E-state index contributed by atoms with van der Waals surface area (Å²) in [5.74, 6) is 0.506. The van der Waals surface area contributed by atoms with Gasteiger partial charge < -0.3 is 15.0 Å². The number of rotatable bonds is 6. The summed E-state index contributed by atoms with van der Waals surface area (Å²) in [6.45, 7) is 6.63. The van der Waals surface area contributed by atoms with Crippen molar-refractivity contribution in [3.05, 3.63) is 29.6 Å². The van der Waals surface area contributed by atoms with Crippen LogP contribution < -0.4 is 5.32 Å². The molecular weight excluding hydrogens is 266 g/mol. The highest BCUT2D eigenvalue weighted by atomic mass is 16.5. The van der Waals surface area contributed by atoms with Gasteiger partial charge >= 0.3 is 0 Å². The van der Waals surface area contributed by atoms with Crippen LogP contribution >= 0.6 is 0 Å². The van der Waals surface area contributed by atoms with Crippen molar-refractivity contribution in [3.63, 3.8) is 0 Å². The zero-order valence-corrected chi connectivity index (χ0v) is 13.0. The molecule has 0 spiro atoms. The maximum Gasteiger partial charge on any atom is 0.270 e. The van der Waals surface area contributed by atoms with Crippen molar-refractivity contribution in [1.29, 1.82) is 0 Å². The number of piperidine rings is 1. The number of amides is 1. The van der Waals surface area contributed by atoms with Crippen molar-refractivity contribution in [2.75, 3.05) is 39.9 Å². The van der Waals surface area contributed by atoms with Gasteiger partial charge in [0.2, 0.25) is 0 Å². The Labute approximate surface area is 126 Å². The number of nitrogens with zero attached hydrogens (tertiary/aromatic N) is 2. The standard InChI is InChI=1S/C16H25N3O2/c1-13-4-3-7-17-15(13)16(20)18-12-14-5-8-19(9-6-14)10-11-21-2/h3-4,7,14H,5-6,8-12H2,1-2H3,(H,18,20). The van der Waals surface area contributed by atoms with Gasteiger partial charge in [0.25, 0.3) is 5.91 Å². The molecule has 1 aliphatic heterocycles. The first-order chi connectivity index (χ1) is 10.2. The van der Waals surface area contributed by atoms with Crippen LogP contribution in [0, 0.1) is 12.8 Å². The molecule has 5 nitrogen and oxygen atoms in total. The smallest absolute Gasteiger partial charge is 0.270 e. The van der Waals surface area contributed by atoms with Gasteiger partial charge in [0, 0.05) is 26.4 Å². The Bertz CT molecular complexity index is 457. The van der Waals surface area contributed by atoms with Gasteiger partial charge in [-0.1, -0.05) is 6.07 Å². The Morgan fingerprint density at radius 3 is 2.90 bits per heavy atom. The Hall–Kier alpha value is -1.46. The molecule has 1 aromatic heterocycles. The van der Waals surface area contributed by atoms with Crippen molar-refractivity contribution >= 4 is 5.91 Å². The predicted molar refractivity (Wildman–Crippen MR) is 82.3 cm³/mol. The highest BCUT2D eigenvalue weighted by Gasteiger charge is 2.20. The lowest BCUT2D eigenvalue weighted by Gasteiger charge is -2.31. The average Bonchev–Trinajstić information content (AvgIpc) is 2.52. The predicted octanol–water partition coefficient (Wildman–Crippen LogP) is 1.48. The molecule has 0 saturated carbocycles. The molecule has 1 aliphatic rings. The van der Waals surface area contributed by atoms with E-state index in [0.717, 1.165) is 51.2 Å². The lowest BCUT2D eigenvalue weighted by atomic mass is 9.96. The van der Waals surface area contributed by atoms with Crippen molar-refractivity contribution in [2.45, 2.75) is 19.8 Å². The van der Waals surface area contributed by atoms with E-state index in [2.05, 4.69) is 15.2 Å². The molecule has 0 aliphatic carbocycles. The summed E-state index contributed by atoms with van der Waals surface area (Å²) in [7, 11) is 1.74. The SMILES string of the molecule is COCCN1CCC(CNC(=O)c2ncccc2C)CC1. The van der Waals surface area contributed by atoms with Gasteiger partial charge in [-0.15, -0.1) is 0 Å². The minimum atomic E-state index is -0.0603. The van der Waals surface area contributed by atoms with E-state index in [9.17, 15) is 4.79 Å². The largest absolute Gasteiger partial charge is 0.383 e. The molecule has 1 fully saturated rings. The van der Waals surface area contributed by atoms with Crippen molar-refractivity contribution in [1.82, 2.24) is 15.2 Å². The van der Waals surface area contributed by atoms with Crippen LogP contribution in [0.4, 0.5) is 0 Å². The Kier molecular flexibility index (Phi) is 6.14. The van der Waals surface area contributed by atoms with E-state index in [1.165, 1.54) is 0 Å². The molecular formula is C16H25N3O2. The first-order valence-electron chi connectivity index (χ1n) is 7.62. The van der Waals surface area contributed by atoms with Gasteiger partial charge in [-0.05, 0) is 50.4 Å². The molecule has 0 unspecified atom stereocenters. The number of nitrogens with one attached hydrogen (secondary N) is 1. The molecule has 2 heterocycles. The molecule has 5 heteroatoms. The van der Waals surface area contributed by atoms with E-state index in [4.69, 9.17) is 4.74 Å². The topological polar surface area (TPSA) is 54.5 Å². The maximum atomic E-state index is 12.1. The molecule has 1 amide bonds. The van der Waals surface area contributed by atoms with Gasteiger partial charge in [0.05, 0.1) is 6.61 Å². The number of carbonyl (C=O) groups is 1. The van der Waals surface area contributed by atoms with Gasteiger partial charge in [0.15, 0.2) is 0 Å². The zero-order valence-electron chi connectivity index (χ0n) is 13.0. The Balaban J connectivity index is 1.72. The van der Waals surface area contributed by atoms with Gasteiger partial charge in [-0.25, -0.2) is 0 Å². The van der Waals surface area contributed by atoms with Crippen molar-refractivity contribution in [2.24, 2.45) is 5.92 Å². The van der Waals surface area contributed by atoms with E-state index in [1.807, 2.05) is 19.1 Å². The highest BCUT2D eigenvalue weighted by Crippen LogP contribution is 2.16. The summed E-state index contributed by atoms with van der Waals surface area (Å²) in [6.07, 6.45) is 3.92. The summed E-state index contributed by atoms with van der Waals surface area (Å²) < 4.78 is 5.10. The summed E-state index contributed by atoms with van der Waals surface area (Å²) in [5.41, 5.74) is 1.46. The fraction of sp³-hybridized carbons (Fsp3) is 0.625. The van der Waals surface area contributed by atoms with Gasteiger partial charge in [0.1, 0.15) is 5.69 Å². The van der Waals surface area contributed by atoms with E-state index < -0.39 is 0 Å². The maximum absolute atomic E-state index is 12.1. The van der Waals surface area contributed by atoms with E-state index in [0.29, 0.717) is 11.6 Å². The van der Waals surface area contributed by atoms with Crippen LogP contribution in [0.15, 0.2) is 18.3 Å². The van der Waals surface area contributed by atoms with Crippen LogP contribution in [-0.2, 0) is 4.74 Å². The first kappa shape index (κ1) is 15.9. The minimum absolute atomic E-state index is 0.0603. The second kappa shape index (κ2) is 8.10. The third kappa shape index (κ3) is 4.79. The lowest BCUT2D eigenvalue weighted by molar-refractivity contribution is 0.0920.